The van der Waals surface area contributed by atoms with Crippen LogP contribution >= 0.6 is 0 Å². The number of hydrogen-bond acceptors (Lipinski definition) is 2. The van der Waals surface area contributed by atoms with Gasteiger partial charge in [-0.25, -0.2) is 0 Å². The fourth-order valence-corrected chi connectivity index (χ4v) is 1.08. The van der Waals surface area contributed by atoms with Crippen molar-refractivity contribution >= 4 is 6.29 Å². The molecule has 2 heteroatoms. The highest BCUT2D eigenvalue weighted by atomic mass is 16.5. The second-order valence-electron chi connectivity index (χ2n) is 3.40. The maximum Gasteiger partial charge on any atom is 0.125 e. The fourth-order valence-electron chi connectivity index (χ4n) is 1.08. The molecule has 0 radical (unpaired) electrons. The first kappa shape index (κ1) is 10.6. The minimum Gasteiger partial charge on any atom is -0.381 e. The number of aldehydes is 1. The maximum absolute atomic E-state index is 10.4. The Kier molecular flexibility index (Phi) is 5.12. The highest BCUT2D eigenvalue weighted by Crippen LogP contribution is 2.14. The molecular weight excluding hydrogens is 140 g/mol. The van der Waals surface area contributed by atoms with Gasteiger partial charge in [0.1, 0.15) is 6.29 Å². The van der Waals surface area contributed by atoms with Crippen LogP contribution in [0.25, 0.3) is 0 Å². The molecule has 2 unspecified atom stereocenters. The summed E-state index contributed by atoms with van der Waals surface area (Å²) in [5, 5.41) is 0. The van der Waals surface area contributed by atoms with Crippen molar-refractivity contribution in [2.45, 2.75) is 33.3 Å². The SMILES string of the molecule is COC(CC(C)C)C(C)C=O. The van der Waals surface area contributed by atoms with E-state index in [-0.39, 0.29) is 12.0 Å². The average Bonchev–Trinajstić information content (AvgIpc) is 1.98. The maximum atomic E-state index is 10.4. The highest BCUT2D eigenvalue weighted by molar-refractivity contribution is 5.53. The molecule has 66 valence electrons. The summed E-state index contributed by atoms with van der Waals surface area (Å²) in [6.45, 7) is 6.15. The molecule has 0 saturated carbocycles. The fraction of sp³-hybridized carbons (Fsp3) is 0.889. The van der Waals surface area contributed by atoms with Gasteiger partial charge in [-0.1, -0.05) is 20.8 Å². The molecule has 0 rings (SSSR count). The van der Waals surface area contributed by atoms with Crippen molar-refractivity contribution in [3.05, 3.63) is 0 Å². The largest absolute Gasteiger partial charge is 0.381 e. The first-order chi connectivity index (χ1) is 5.11. The summed E-state index contributed by atoms with van der Waals surface area (Å²) < 4.78 is 5.18. The van der Waals surface area contributed by atoms with Gasteiger partial charge in [-0.2, -0.15) is 0 Å². The van der Waals surface area contributed by atoms with Crippen LogP contribution < -0.4 is 0 Å². The summed E-state index contributed by atoms with van der Waals surface area (Å²) in [6.07, 6.45) is 2.00. The summed E-state index contributed by atoms with van der Waals surface area (Å²) in [4.78, 5) is 10.4. The third-order valence-electron chi connectivity index (χ3n) is 1.81. The monoisotopic (exact) mass is 158 g/mol. The van der Waals surface area contributed by atoms with Gasteiger partial charge in [-0.15, -0.1) is 0 Å². The van der Waals surface area contributed by atoms with E-state index in [1.807, 2.05) is 6.92 Å². The lowest BCUT2D eigenvalue weighted by atomic mass is 9.97. The average molecular weight is 158 g/mol. The van der Waals surface area contributed by atoms with E-state index in [1.54, 1.807) is 7.11 Å². The van der Waals surface area contributed by atoms with Gasteiger partial charge in [0.25, 0.3) is 0 Å². The first-order valence-electron chi connectivity index (χ1n) is 4.09. The summed E-state index contributed by atoms with van der Waals surface area (Å²) in [6, 6.07) is 0. The molecule has 0 fully saturated rings. The third kappa shape index (κ3) is 4.14. The zero-order chi connectivity index (χ0) is 8.85. The van der Waals surface area contributed by atoms with Crippen LogP contribution in [0.4, 0.5) is 0 Å². The quantitative estimate of drug-likeness (QED) is 0.571. The van der Waals surface area contributed by atoms with Gasteiger partial charge in [0, 0.05) is 13.0 Å². The van der Waals surface area contributed by atoms with Crippen molar-refractivity contribution in [3.8, 4) is 0 Å². The first-order valence-corrected chi connectivity index (χ1v) is 4.09. The Hall–Kier alpha value is -0.370. The van der Waals surface area contributed by atoms with E-state index in [2.05, 4.69) is 13.8 Å². The summed E-state index contributed by atoms with van der Waals surface area (Å²) in [5.41, 5.74) is 0. The Balaban J connectivity index is 3.83. The smallest absolute Gasteiger partial charge is 0.125 e. The normalized spacial score (nSPS) is 16.5. The summed E-state index contributed by atoms with van der Waals surface area (Å²) in [7, 11) is 1.66. The van der Waals surface area contributed by atoms with Gasteiger partial charge >= 0.3 is 0 Å². The van der Waals surface area contributed by atoms with Crippen LogP contribution in [0, 0.1) is 11.8 Å². The second kappa shape index (κ2) is 5.30. The second-order valence-corrected chi connectivity index (χ2v) is 3.40. The van der Waals surface area contributed by atoms with Crippen molar-refractivity contribution in [2.75, 3.05) is 7.11 Å². The molecule has 2 atom stereocenters. The highest BCUT2D eigenvalue weighted by Gasteiger charge is 2.16. The number of rotatable bonds is 5. The van der Waals surface area contributed by atoms with Crippen molar-refractivity contribution in [1.82, 2.24) is 0 Å². The van der Waals surface area contributed by atoms with Crippen LogP contribution in [0.1, 0.15) is 27.2 Å². The molecule has 0 aromatic carbocycles. The molecule has 11 heavy (non-hydrogen) atoms. The lowest BCUT2D eigenvalue weighted by Gasteiger charge is -2.19. The van der Waals surface area contributed by atoms with E-state index in [0.29, 0.717) is 5.92 Å². The number of hydrogen-bond donors (Lipinski definition) is 0. The molecular formula is C9H18O2. The van der Waals surface area contributed by atoms with Crippen LogP contribution in [0.2, 0.25) is 0 Å². The number of carbonyl (C=O) groups is 1. The molecule has 0 bridgehead atoms. The Labute approximate surface area is 68.9 Å². The van der Waals surface area contributed by atoms with Crippen LogP contribution in [0.5, 0.6) is 0 Å². The molecule has 0 aromatic rings. The van der Waals surface area contributed by atoms with Crippen molar-refractivity contribution in [3.63, 3.8) is 0 Å². The molecule has 0 N–H and O–H groups in total. The third-order valence-corrected chi connectivity index (χ3v) is 1.81. The lowest BCUT2D eigenvalue weighted by Crippen LogP contribution is -2.23. The predicted molar refractivity (Wildman–Crippen MR) is 45.5 cm³/mol. The van der Waals surface area contributed by atoms with E-state index >= 15 is 0 Å². The zero-order valence-electron chi connectivity index (χ0n) is 7.83. The van der Waals surface area contributed by atoms with Gasteiger partial charge < -0.3 is 9.53 Å². The molecule has 0 aromatic heterocycles. The molecule has 0 aliphatic heterocycles. The minimum absolute atomic E-state index is 0.0161. The van der Waals surface area contributed by atoms with Gasteiger partial charge in [0.05, 0.1) is 6.10 Å². The van der Waals surface area contributed by atoms with E-state index in [9.17, 15) is 4.79 Å². The molecule has 0 amide bonds. The Morgan fingerprint density at radius 3 is 2.18 bits per heavy atom. The van der Waals surface area contributed by atoms with Gasteiger partial charge in [-0.3, -0.25) is 0 Å². The Morgan fingerprint density at radius 2 is 1.91 bits per heavy atom. The molecule has 0 spiro atoms. The van der Waals surface area contributed by atoms with Crippen molar-refractivity contribution < 1.29 is 9.53 Å². The van der Waals surface area contributed by atoms with E-state index < -0.39 is 0 Å². The summed E-state index contributed by atoms with van der Waals surface area (Å²) >= 11 is 0. The van der Waals surface area contributed by atoms with Crippen LogP contribution in [0.15, 0.2) is 0 Å². The molecule has 0 aliphatic rings. The topological polar surface area (TPSA) is 26.3 Å². The minimum atomic E-state index is 0.0161. The number of methoxy groups -OCH3 is 1. The van der Waals surface area contributed by atoms with Gasteiger partial charge in [0.15, 0.2) is 0 Å². The number of carbonyl (C=O) groups excluding carboxylic acids is 1. The van der Waals surface area contributed by atoms with E-state index in [0.717, 1.165) is 12.7 Å². The molecule has 0 saturated heterocycles. The predicted octanol–water partition coefficient (Wildman–Crippen LogP) is 1.88. The molecule has 2 nitrogen and oxygen atoms in total. The molecule has 0 aliphatic carbocycles. The van der Waals surface area contributed by atoms with E-state index in [4.69, 9.17) is 4.74 Å². The van der Waals surface area contributed by atoms with Crippen molar-refractivity contribution in [2.24, 2.45) is 11.8 Å². The van der Waals surface area contributed by atoms with Crippen LogP contribution in [-0.2, 0) is 9.53 Å². The molecule has 0 heterocycles. The number of ether oxygens (including phenoxy) is 1. The van der Waals surface area contributed by atoms with Crippen LogP contribution in [-0.4, -0.2) is 19.5 Å². The van der Waals surface area contributed by atoms with Crippen LogP contribution in [0.3, 0.4) is 0 Å². The standard InChI is InChI=1S/C9H18O2/c1-7(2)5-9(11-4)8(3)6-10/h6-9H,5H2,1-4H3. The summed E-state index contributed by atoms with van der Waals surface area (Å²) in [5.74, 6) is 0.602. The van der Waals surface area contributed by atoms with Gasteiger partial charge in [-0.05, 0) is 12.3 Å². The van der Waals surface area contributed by atoms with Crippen molar-refractivity contribution in [1.29, 1.82) is 0 Å². The van der Waals surface area contributed by atoms with Gasteiger partial charge in [0.2, 0.25) is 0 Å². The van der Waals surface area contributed by atoms with E-state index in [1.165, 1.54) is 0 Å². The lowest BCUT2D eigenvalue weighted by molar-refractivity contribution is -0.114. The Morgan fingerprint density at radius 1 is 1.36 bits per heavy atom. The zero-order valence-corrected chi connectivity index (χ0v) is 7.83. The Bertz CT molecular complexity index is 110.